The minimum Gasteiger partial charge on any atom is -0.345 e. The molecule has 0 bridgehead atoms. The van der Waals surface area contributed by atoms with Gasteiger partial charge in [-0.15, -0.1) is 0 Å². The highest BCUT2D eigenvalue weighted by Gasteiger charge is 2.15. The van der Waals surface area contributed by atoms with E-state index in [1.807, 2.05) is 6.92 Å². The topological polar surface area (TPSA) is 75.4 Å². The molecule has 110 valence electrons. The molecule has 0 aromatic heterocycles. The fraction of sp³-hybridized carbons (Fsp3) is 0.429. The first-order valence-electron chi connectivity index (χ1n) is 6.38. The molecule has 1 unspecified atom stereocenters. The number of halogens is 1. The normalized spacial score (nSPS) is 11.8. The van der Waals surface area contributed by atoms with Crippen LogP contribution in [0.1, 0.15) is 30.1 Å². The number of hydrogen-bond donors (Lipinski definition) is 2. The van der Waals surface area contributed by atoms with E-state index in [2.05, 4.69) is 5.32 Å². The van der Waals surface area contributed by atoms with Gasteiger partial charge in [-0.05, 0) is 31.5 Å². The molecule has 0 heterocycles. The molecule has 0 aliphatic carbocycles. The van der Waals surface area contributed by atoms with Crippen molar-refractivity contribution in [3.05, 3.63) is 29.6 Å². The second-order valence-electron chi connectivity index (χ2n) is 4.96. The molecule has 20 heavy (non-hydrogen) atoms. The molecule has 5 nitrogen and oxygen atoms in total. The smallest absolute Gasteiger partial charge is 0.256 e. The van der Waals surface area contributed by atoms with Gasteiger partial charge in [0.2, 0.25) is 5.91 Å². The Bertz CT molecular complexity index is 501. The maximum Gasteiger partial charge on any atom is 0.256 e. The third kappa shape index (κ3) is 4.62. The maximum absolute atomic E-state index is 13.6. The van der Waals surface area contributed by atoms with Gasteiger partial charge in [0.1, 0.15) is 5.82 Å². The van der Waals surface area contributed by atoms with Crippen LogP contribution in [0.3, 0.4) is 0 Å². The van der Waals surface area contributed by atoms with Crippen molar-refractivity contribution in [1.82, 2.24) is 4.90 Å². The highest BCUT2D eigenvalue weighted by molar-refractivity contribution is 5.97. The van der Waals surface area contributed by atoms with E-state index in [4.69, 9.17) is 5.73 Å². The van der Waals surface area contributed by atoms with Gasteiger partial charge in [0.25, 0.3) is 5.91 Å². The first-order valence-corrected chi connectivity index (χ1v) is 6.38. The molecule has 0 spiro atoms. The van der Waals surface area contributed by atoms with Crippen LogP contribution in [-0.4, -0.2) is 36.9 Å². The third-order valence-electron chi connectivity index (χ3n) is 2.71. The van der Waals surface area contributed by atoms with Crippen molar-refractivity contribution in [3.8, 4) is 0 Å². The zero-order valence-corrected chi connectivity index (χ0v) is 11.9. The van der Waals surface area contributed by atoms with Crippen LogP contribution in [0.5, 0.6) is 0 Å². The number of hydrogen-bond acceptors (Lipinski definition) is 3. The van der Waals surface area contributed by atoms with Gasteiger partial charge in [0.05, 0.1) is 5.56 Å². The molecule has 0 aliphatic rings. The van der Waals surface area contributed by atoms with E-state index >= 15 is 0 Å². The second kappa shape index (κ2) is 7.00. The summed E-state index contributed by atoms with van der Waals surface area (Å²) >= 11 is 0. The average molecular weight is 281 g/mol. The van der Waals surface area contributed by atoms with Crippen LogP contribution in [0, 0.1) is 5.82 Å². The third-order valence-corrected chi connectivity index (χ3v) is 2.71. The zero-order valence-electron chi connectivity index (χ0n) is 11.9. The molecule has 0 saturated carbocycles. The predicted molar refractivity (Wildman–Crippen MR) is 75.9 cm³/mol. The van der Waals surface area contributed by atoms with E-state index in [1.165, 1.54) is 31.1 Å². The largest absolute Gasteiger partial charge is 0.345 e. The highest BCUT2D eigenvalue weighted by Crippen LogP contribution is 2.16. The molecule has 1 aromatic carbocycles. The van der Waals surface area contributed by atoms with E-state index in [0.717, 1.165) is 6.07 Å². The van der Waals surface area contributed by atoms with Crippen LogP contribution in [0.25, 0.3) is 0 Å². The molecular formula is C14H20FN3O2. The SMILES string of the molecule is CC(N)CCC(=O)Nc1ccc(F)c(C(=O)N(C)C)c1. The lowest BCUT2D eigenvalue weighted by molar-refractivity contribution is -0.116. The summed E-state index contributed by atoms with van der Waals surface area (Å²) in [5.74, 6) is -1.27. The zero-order chi connectivity index (χ0) is 15.3. The molecule has 0 saturated heterocycles. The maximum atomic E-state index is 13.6. The molecule has 2 amide bonds. The van der Waals surface area contributed by atoms with Crippen molar-refractivity contribution in [3.63, 3.8) is 0 Å². The lowest BCUT2D eigenvalue weighted by Crippen LogP contribution is -2.23. The predicted octanol–water partition coefficient (Wildman–Crippen LogP) is 1.59. The van der Waals surface area contributed by atoms with Crippen molar-refractivity contribution in [2.75, 3.05) is 19.4 Å². The van der Waals surface area contributed by atoms with E-state index in [1.54, 1.807) is 0 Å². The van der Waals surface area contributed by atoms with Gasteiger partial charge < -0.3 is 16.0 Å². The molecule has 0 fully saturated rings. The van der Waals surface area contributed by atoms with E-state index in [0.29, 0.717) is 12.1 Å². The van der Waals surface area contributed by atoms with Gasteiger partial charge in [0.15, 0.2) is 0 Å². The highest BCUT2D eigenvalue weighted by atomic mass is 19.1. The summed E-state index contributed by atoms with van der Waals surface area (Å²) in [6, 6.07) is 3.87. The standard InChI is InChI=1S/C14H20FN3O2/c1-9(16)4-7-13(19)17-10-5-6-12(15)11(8-10)14(20)18(2)3/h5-6,8-9H,4,7,16H2,1-3H3,(H,17,19). The number of nitrogens with zero attached hydrogens (tertiary/aromatic N) is 1. The Morgan fingerprint density at radius 3 is 2.60 bits per heavy atom. The van der Waals surface area contributed by atoms with Crippen LogP contribution in [0.15, 0.2) is 18.2 Å². The Labute approximate surface area is 117 Å². The molecule has 0 radical (unpaired) electrons. The van der Waals surface area contributed by atoms with Crippen molar-refractivity contribution in [2.24, 2.45) is 5.73 Å². The van der Waals surface area contributed by atoms with Crippen LogP contribution in [0.4, 0.5) is 10.1 Å². The van der Waals surface area contributed by atoms with Crippen molar-refractivity contribution >= 4 is 17.5 Å². The fourth-order valence-corrected chi connectivity index (χ4v) is 1.59. The fourth-order valence-electron chi connectivity index (χ4n) is 1.59. The Morgan fingerprint density at radius 2 is 2.05 bits per heavy atom. The summed E-state index contributed by atoms with van der Waals surface area (Å²) in [5, 5.41) is 2.63. The lowest BCUT2D eigenvalue weighted by atomic mass is 10.1. The summed E-state index contributed by atoms with van der Waals surface area (Å²) in [6.45, 7) is 1.82. The monoisotopic (exact) mass is 281 g/mol. The first-order chi connectivity index (χ1) is 9.31. The number of nitrogens with one attached hydrogen (secondary N) is 1. The van der Waals surface area contributed by atoms with Crippen molar-refractivity contribution < 1.29 is 14.0 Å². The van der Waals surface area contributed by atoms with Gasteiger partial charge in [0, 0.05) is 32.2 Å². The van der Waals surface area contributed by atoms with E-state index < -0.39 is 11.7 Å². The molecule has 1 aromatic rings. The number of benzene rings is 1. The van der Waals surface area contributed by atoms with Crippen molar-refractivity contribution in [2.45, 2.75) is 25.8 Å². The first kappa shape index (κ1) is 16.1. The van der Waals surface area contributed by atoms with Gasteiger partial charge >= 0.3 is 0 Å². The van der Waals surface area contributed by atoms with Gasteiger partial charge in [-0.25, -0.2) is 4.39 Å². The molecule has 1 rings (SSSR count). The lowest BCUT2D eigenvalue weighted by Gasteiger charge is -2.13. The second-order valence-corrected chi connectivity index (χ2v) is 4.96. The van der Waals surface area contributed by atoms with Gasteiger partial charge in [-0.1, -0.05) is 0 Å². The van der Waals surface area contributed by atoms with Crippen LogP contribution >= 0.6 is 0 Å². The molecule has 1 atom stereocenters. The van der Waals surface area contributed by atoms with E-state index in [-0.39, 0.29) is 23.9 Å². The molecule has 0 aliphatic heterocycles. The Morgan fingerprint density at radius 1 is 1.40 bits per heavy atom. The number of carbonyl (C=O) groups excluding carboxylic acids is 2. The molecule has 3 N–H and O–H groups in total. The number of carbonyl (C=O) groups is 2. The molecular weight excluding hydrogens is 261 g/mol. The summed E-state index contributed by atoms with van der Waals surface area (Å²) < 4.78 is 13.6. The van der Waals surface area contributed by atoms with E-state index in [9.17, 15) is 14.0 Å². The summed E-state index contributed by atoms with van der Waals surface area (Å²) in [4.78, 5) is 24.7. The van der Waals surface area contributed by atoms with Crippen LogP contribution in [0.2, 0.25) is 0 Å². The van der Waals surface area contributed by atoms with Crippen LogP contribution in [-0.2, 0) is 4.79 Å². The summed E-state index contributed by atoms with van der Waals surface area (Å²) in [6.07, 6.45) is 0.850. The molecule has 6 heteroatoms. The number of rotatable bonds is 5. The minimum absolute atomic E-state index is 0.0557. The van der Waals surface area contributed by atoms with Gasteiger partial charge in [-0.3, -0.25) is 9.59 Å². The quantitative estimate of drug-likeness (QED) is 0.860. The summed E-state index contributed by atoms with van der Waals surface area (Å²) in [7, 11) is 3.07. The number of amides is 2. The average Bonchev–Trinajstić information content (AvgIpc) is 2.37. The van der Waals surface area contributed by atoms with Gasteiger partial charge in [-0.2, -0.15) is 0 Å². The van der Waals surface area contributed by atoms with Crippen molar-refractivity contribution in [1.29, 1.82) is 0 Å². The Hall–Kier alpha value is -1.95. The number of anilines is 1. The van der Waals surface area contributed by atoms with Crippen LogP contribution < -0.4 is 11.1 Å². The Balaban J connectivity index is 2.80. The Kier molecular flexibility index (Phi) is 5.64. The summed E-state index contributed by atoms with van der Waals surface area (Å²) in [5.41, 5.74) is 5.90. The minimum atomic E-state index is -0.614. The number of nitrogens with two attached hydrogens (primary N) is 1.